The van der Waals surface area contributed by atoms with Crippen LogP contribution >= 0.6 is 11.6 Å². The van der Waals surface area contributed by atoms with Gasteiger partial charge >= 0.3 is 0 Å². The highest BCUT2D eigenvalue weighted by Gasteiger charge is 1.98. The lowest BCUT2D eigenvalue weighted by Crippen LogP contribution is -1.99. The quantitative estimate of drug-likeness (QED) is 0.741. The minimum absolute atomic E-state index is 0.0766. The number of hydrogen-bond acceptors (Lipinski definition) is 2. The molecule has 1 aromatic carbocycles. The van der Waals surface area contributed by atoms with E-state index in [0.29, 0.717) is 10.8 Å². The van der Waals surface area contributed by atoms with Crippen LogP contribution in [0.15, 0.2) is 24.3 Å². The van der Waals surface area contributed by atoms with E-state index < -0.39 is 0 Å². The maximum Gasteiger partial charge on any atom is 0.270 e. The third kappa shape index (κ3) is 2.78. The molecule has 1 rings (SSSR count). The average Bonchev–Trinajstić information content (AvgIpc) is 1.93. The predicted octanol–water partition coefficient (Wildman–Crippen LogP) is 2.60. The van der Waals surface area contributed by atoms with Crippen LogP contribution in [-0.4, -0.2) is 5.11 Å². The van der Waals surface area contributed by atoms with Gasteiger partial charge in [-0.2, -0.15) is 0 Å². The first-order valence-electron chi connectivity index (χ1n) is 3.14. The van der Waals surface area contributed by atoms with Crippen molar-refractivity contribution in [3.05, 3.63) is 35.6 Å². The first kappa shape index (κ1) is 8.37. The van der Waals surface area contributed by atoms with Gasteiger partial charge in [0.15, 0.2) is 0 Å². The van der Waals surface area contributed by atoms with Gasteiger partial charge in [-0.25, -0.2) is 0 Å². The molecule has 0 saturated heterocycles. The molecule has 59 valence electrons. The molecule has 0 fully saturated rings. The van der Waals surface area contributed by atoms with E-state index in [1.54, 1.807) is 24.3 Å². The van der Waals surface area contributed by atoms with Crippen LogP contribution in [0.4, 0.5) is 0 Å². The van der Waals surface area contributed by atoms with Crippen LogP contribution < -0.4 is 4.74 Å². The Morgan fingerprint density at radius 2 is 1.91 bits per heavy atom. The molecule has 0 bridgehead atoms. The lowest BCUT2D eigenvalue weighted by Gasteiger charge is -2.05. The monoisotopic (exact) mass is 171 g/mol. The van der Waals surface area contributed by atoms with Gasteiger partial charge in [-0.1, -0.05) is 11.6 Å². The molecule has 0 amide bonds. The molecule has 0 aliphatic rings. The Balaban J connectivity index is 2.66. The van der Waals surface area contributed by atoms with Crippen LogP contribution in [0, 0.1) is 6.29 Å². The van der Waals surface area contributed by atoms with Crippen LogP contribution in [0.1, 0.15) is 6.92 Å². The molecule has 1 aromatic rings. The van der Waals surface area contributed by atoms with Crippen molar-refractivity contribution in [1.82, 2.24) is 0 Å². The molecule has 0 saturated carbocycles. The normalized spacial score (nSPS) is 10.2. The minimum Gasteiger partial charge on any atom is -0.456 e. The summed E-state index contributed by atoms with van der Waals surface area (Å²) >= 11 is 5.62. The second-order valence-electron chi connectivity index (χ2n) is 2.08. The van der Waals surface area contributed by atoms with Gasteiger partial charge in [0.25, 0.3) is 6.29 Å². The smallest absolute Gasteiger partial charge is 0.270 e. The average molecular weight is 172 g/mol. The van der Waals surface area contributed by atoms with E-state index in [4.69, 9.17) is 21.4 Å². The Kier molecular flexibility index (Phi) is 2.74. The highest BCUT2D eigenvalue weighted by molar-refractivity contribution is 6.30. The Hall–Kier alpha value is -0.730. The fourth-order valence-electron chi connectivity index (χ4n) is 0.673. The third-order valence-corrected chi connectivity index (χ3v) is 1.33. The largest absolute Gasteiger partial charge is 0.456 e. The van der Waals surface area contributed by atoms with E-state index in [9.17, 15) is 0 Å². The summed E-state index contributed by atoms with van der Waals surface area (Å²) in [5.74, 6) is 0.578. The number of halogens is 1. The summed E-state index contributed by atoms with van der Waals surface area (Å²) in [6, 6.07) is 6.75. The van der Waals surface area contributed by atoms with Crippen LogP contribution in [0.5, 0.6) is 5.75 Å². The standard InChI is InChI=1S/C8H8ClO2/c1-6(10)11-8-4-2-7(9)3-5-8/h2-5,10H,1H3. The molecular weight excluding hydrogens is 164 g/mol. The molecule has 3 heteroatoms. The van der Waals surface area contributed by atoms with Crippen LogP contribution in [-0.2, 0) is 0 Å². The maximum absolute atomic E-state index is 8.74. The number of aliphatic hydroxyl groups is 1. The number of rotatable bonds is 2. The van der Waals surface area contributed by atoms with E-state index in [-0.39, 0.29) is 6.29 Å². The predicted molar refractivity (Wildman–Crippen MR) is 42.9 cm³/mol. The summed E-state index contributed by atoms with van der Waals surface area (Å²) in [5, 5.41) is 9.38. The molecule has 11 heavy (non-hydrogen) atoms. The summed E-state index contributed by atoms with van der Waals surface area (Å²) < 4.78 is 4.88. The highest BCUT2D eigenvalue weighted by Crippen LogP contribution is 2.17. The van der Waals surface area contributed by atoms with Gasteiger partial charge in [0.1, 0.15) is 5.75 Å². The van der Waals surface area contributed by atoms with Gasteiger partial charge < -0.3 is 9.84 Å². The number of hydrogen-bond donors (Lipinski definition) is 1. The van der Waals surface area contributed by atoms with Crippen molar-refractivity contribution in [1.29, 1.82) is 0 Å². The van der Waals surface area contributed by atoms with E-state index >= 15 is 0 Å². The molecule has 1 radical (unpaired) electrons. The van der Waals surface area contributed by atoms with Crippen LogP contribution in [0.3, 0.4) is 0 Å². The molecule has 0 atom stereocenters. The van der Waals surface area contributed by atoms with E-state index in [0.717, 1.165) is 0 Å². The fourth-order valence-corrected chi connectivity index (χ4v) is 0.799. The molecule has 1 N–H and O–H groups in total. The molecular formula is C8H8ClO2. The van der Waals surface area contributed by atoms with Gasteiger partial charge in [-0.15, -0.1) is 0 Å². The van der Waals surface area contributed by atoms with Gasteiger partial charge in [0.05, 0.1) is 0 Å². The van der Waals surface area contributed by atoms with Crippen molar-refractivity contribution in [3.8, 4) is 5.75 Å². The van der Waals surface area contributed by atoms with Crippen molar-refractivity contribution in [2.45, 2.75) is 6.92 Å². The zero-order valence-electron chi connectivity index (χ0n) is 6.04. The van der Waals surface area contributed by atoms with E-state index in [1.165, 1.54) is 6.92 Å². The van der Waals surface area contributed by atoms with Gasteiger partial charge in [-0.05, 0) is 24.3 Å². The zero-order valence-corrected chi connectivity index (χ0v) is 6.80. The van der Waals surface area contributed by atoms with Crippen molar-refractivity contribution >= 4 is 11.6 Å². The van der Waals surface area contributed by atoms with Crippen molar-refractivity contribution in [2.24, 2.45) is 0 Å². The van der Waals surface area contributed by atoms with Crippen LogP contribution in [0.2, 0.25) is 5.02 Å². The maximum atomic E-state index is 8.74. The molecule has 0 aliphatic carbocycles. The molecule has 0 aliphatic heterocycles. The molecule has 0 spiro atoms. The summed E-state index contributed by atoms with van der Waals surface area (Å²) in [6.07, 6.45) is -0.0766. The third-order valence-electron chi connectivity index (χ3n) is 1.08. The van der Waals surface area contributed by atoms with Crippen molar-refractivity contribution in [3.63, 3.8) is 0 Å². The first-order chi connectivity index (χ1) is 5.18. The minimum atomic E-state index is -0.0766. The fraction of sp³-hybridized carbons (Fsp3) is 0.125. The lowest BCUT2D eigenvalue weighted by molar-refractivity contribution is 0.114. The summed E-state index contributed by atoms with van der Waals surface area (Å²) in [7, 11) is 0. The Morgan fingerprint density at radius 3 is 2.36 bits per heavy atom. The number of ether oxygens (including phenoxy) is 1. The molecule has 2 nitrogen and oxygen atoms in total. The van der Waals surface area contributed by atoms with Gasteiger partial charge in [0, 0.05) is 11.9 Å². The number of benzene rings is 1. The molecule has 0 unspecified atom stereocenters. The molecule has 0 heterocycles. The van der Waals surface area contributed by atoms with Gasteiger partial charge in [-0.3, -0.25) is 0 Å². The highest BCUT2D eigenvalue weighted by atomic mass is 35.5. The second kappa shape index (κ2) is 3.60. The van der Waals surface area contributed by atoms with E-state index in [1.807, 2.05) is 0 Å². The van der Waals surface area contributed by atoms with Gasteiger partial charge in [0.2, 0.25) is 0 Å². The van der Waals surface area contributed by atoms with Crippen LogP contribution in [0.25, 0.3) is 0 Å². The first-order valence-corrected chi connectivity index (χ1v) is 3.52. The Bertz CT molecular complexity index is 218. The zero-order chi connectivity index (χ0) is 8.27. The number of aliphatic hydroxyl groups excluding tert-OH is 1. The van der Waals surface area contributed by atoms with Crippen molar-refractivity contribution in [2.75, 3.05) is 0 Å². The van der Waals surface area contributed by atoms with Crippen molar-refractivity contribution < 1.29 is 9.84 Å². The summed E-state index contributed by atoms with van der Waals surface area (Å²) in [4.78, 5) is 0. The topological polar surface area (TPSA) is 29.5 Å². The molecule has 0 aromatic heterocycles. The van der Waals surface area contributed by atoms with E-state index in [2.05, 4.69) is 0 Å². The summed E-state index contributed by atoms with van der Waals surface area (Å²) in [5.41, 5.74) is 0. The Labute approximate surface area is 70.4 Å². The second-order valence-corrected chi connectivity index (χ2v) is 2.51. The summed E-state index contributed by atoms with van der Waals surface area (Å²) in [6.45, 7) is 1.47. The Morgan fingerprint density at radius 1 is 1.36 bits per heavy atom. The SMILES string of the molecule is C[C](O)Oc1ccc(Cl)cc1. The lowest BCUT2D eigenvalue weighted by atomic mass is 10.3.